The van der Waals surface area contributed by atoms with E-state index in [1.165, 1.54) is 22.5 Å². The third kappa shape index (κ3) is 3.46. The van der Waals surface area contributed by atoms with Crippen LogP contribution >= 0.6 is 11.3 Å². The Labute approximate surface area is 134 Å². The maximum atomic E-state index is 12.1. The average Bonchev–Trinajstić information content (AvgIpc) is 3.01. The fourth-order valence-electron chi connectivity index (χ4n) is 2.85. The van der Waals surface area contributed by atoms with Gasteiger partial charge in [-0.25, -0.2) is 0 Å². The van der Waals surface area contributed by atoms with E-state index in [-0.39, 0.29) is 18.6 Å². The van der Waals surface area contributed by atoms with Crippen molar-refractivity contribution in [3.8, 4) is 0 Å². The van der Waals surface area contributed by atoms with Crippen molar-refractivity contribution in [3.63, 3.8) is 0 Å². The van der Waals surface area contributed by atoms with Crippen molar-refractivity contribution >= 4 is 23.3 Å². The van der Waals surface area contributed by atoms with Crippen LogP contribution in [0.25, 0.3) is 6.08 Å². The Morgan fingerprint density at radius 1 is 1.41 bits per heavy atom. The van der Waals surface area contributed by atoms with E-state index in [1.807, 2.05) is 17.5 Å². The number of carbonyl (C=O) groups excluding carboxylic acids is 1. The van der Waals surface area contributed by atoms with Gasteiger partial charge in [-0.1, -0.05) is 24.3 Å². The number of hydrogen-bond donors (Lipinski definition) is 2. The number of fused-ring (bicyclic) bond motifs is 1. The summed E-state index contributed by atoms with van der Waals surface area (Å²) in [5.74, 6) is -0.0688. The van der Waals surface area contributed by atoms with E-state index in [0.29, 0.717) is 0 Å². The van der Waals surface area contributed by atoms with Gasteiger partial charge >= 0.3 is 0 Å². The van der Waals surface area contributed by atoms with Gasteiger partial charge < -0.3 is 10.4 Å². The van der Waals surface area contributed by atoms with Gasteiger partial charge in [0.25, 0.3) is 0 Å². The summed E-state index contributed by atoms with van der Waals surface area (Å²) in [7, 11) is 0. The summed E-state index contributed by atoms with van der Waals surface area (Å²) in [5.41, 5.74) is 3.47. The molecule has 1 aliphatic carbocycles. The average molecular weight is 313 g/mol. The maximum absolute atomic E-state index is 12.1. The van der Waals surface area contributed by atoms with Crippen molar-refractivity contribution in [1.82, 2.24) is 5.32 Å². The number of thiophene rings is 1. The topological polar surface area (TPSA) is 49.3 Å². The summed E-state index contributed by atoms with van der Waals surface area (Å²) in [5, 5.41) is 14.0. The highest BCUT2D eigenvalue weighted by atomic mass is 32.1. The zero-order valence-corrected chi connectivity index (χ0v) is 13.1. The van der Waals surface area contributed by atoms with E-state index in [2.05, 4.69) is 23.5 Å². The Kier molecular flexibility index (Phi) is 4.71. The van der Waals surface area contributed by atoms with Crippen LogP contribution in [0, 0.1) is 0 Å². The van der Waals surface area contributed by atoms with Gasteiger partial charge in [0, 0.05) is 11.0 Å². The lowest BCUT2D eigenvalue weighted by molar-refractivity contribution is -0.117. The highest BCUT2D eigenvalue weighted by Crippen LogP contribution is 2.29. The smallest absolute Gasteiger partial charge is 0.244 e. The zero-order valence-electron chi connectivity index (χ0n) is 12.3. The van der Waals surface area contributed by atoms with Crippen LogP contribution in [0.15, 0.2) is 41.8 Å². The Morgan fingerprint density at radius 3 is 3.09 bits per heavy atom. The first-order chi connectivity index (χ1) is 10.8. The van der Waals surface area contributed by atoms with E-state index in [1.54, 1.807) is 12.2 Å². The second kappa shape index (κ2) is 6.90. The van der Waals surface area contributed by atoms with Crippen molar-refractivity contribution in [2.75, 3.05) is 0 Å². The number of nitrogens with one attached hydrogen (secondary N) is 1. The molecule has 0 bridgehead atoms. The van der Waals surface area contributed by atoms with Crippen molar-refractivity contribution < 1.29 is 9.90 Å². The van der Waals surface area contributed by atoms with Gasteiger partial charge in [-0.2, -0.15) is 0 Å². The SMILES string of the molecule is O=C(C=Cc1cc(CO)cs1)N[C@H]1CCCc2ccccc21. The third-order valence-electron chi connectivity index (χ3n) is 3.94. The lowest BCUT2D eigenvalue weighted by Gasteiger charge is -2.25. The molecule has 0 saturated heterocycles. The highest BCUT2D eigenvalue weighted by Gasteiger charge is 2.20. The second-order valence-corrected chi connectivity index (χ2v) is 6.44. The molecule has 1 atom stereocenters. The normalized spacial score (nSPS) is 17.4. The quantitative estimate of drug-likeness (QED) is 0.849. The molecular weight excluding hydrogens is 294 g/mol. The predicted octanol–water partition coefficient (Wildman–Crippen LogP) is 3.45. The lowest BCUT2D eigenvalue weighted by Crippen LogP contribution is -2.29. The number of hydrogen-bond acceptors (Lipinski definition) is 3. The zero-order chi connectivity index (χ0) is 15.4. The molecule has 4 heteroatoms. The molecule has 1 aromatic heterocycles. The fraction of sp³-hybridized carbons (Fsp3) is 0.278. The van der Waals surface area contributed by atoms with Gasteiger partial charge in [-0.3, -0.25) is 4.79 Å². The summed E-state index contributed by atoms with van der Waals surface area (Å²) >= 11 is 1.52. The maximum Gasteiger partial charge on any atom is 0.244 e. The fourth-order valence-corrected chi connectivity index (χ4v) is 3.64. The van der Waals surface area contributed by atoms with Crippen molar-refractivity contribution in [2.24, 2.45) is 0 Å². The summed E-state index contributed by atoms with van der Waals surface area (Å²) in [4.78, 5) is 13.1. The van der Waals surface area contributed by atoms with Gasteiger partial charge in [0.15, 0.2) is 0 Å². The molecule has 0 unspecified atom stereocenters. The predicted molar refractivity (Wildman–Crippen MR) is 89.5 cm³/mol. The first-order valence-electron chi connectivity index (χ1n) is 7.51. The minimum atomic E-state index is -0.0688. The molecular formula is C18H19NO2S. The lowest BCUT2D eigenvalue weighted by atomic mass is 9.88. The van der Waals surface area contributed by atoms with Gasteiger partial charge in [0.2, 0.25) is 5.91 Å². The Bertz CT molecular complexity index is 690. The van der Waals surface area contributed by atoms with Crippen LogP contribution in [0.2, 0.25) is 0 Å². The molecule has 0 radical (unpaired) electrons. The summed E-state index contributed by atoms with van der Waals surface area (Å²) in [6.45, 7) is 0.0371. The van der Waals surface area contributed by atoms with Crippen LogP contribution in [-0.4, -0.2) is 11.0 Å². The number of aliphatic hydroxyl groups excluding tert-OH is 1. The molecule has 0 saturated carbocycles. The minimum Gasteiger partial charge on any atom is -0.392 e. The molecule has 114 valence electrons. The summed E-state index contributed by atoms with van der Waals surface area (Å²) in [6, 6.07) is 10.3. The molecule has 2 N–H and O–H groups in total. The number of rotatable bonds is 4. The molecule has 1 aromatic carbocycles. The highest BCUT2D eigenvalue weighted by molar-refractivity contribution is 7.11. The first-order valence-corrected chi connectivity index (χ1v) is 8.39. The molecule has 2 aromatic rings. The van der Waals surface area contributed by atoms with Crippen LogP contribution < -0.4 is 5.32 Å². The van der Waals surface area contributed by atoms with E-state index in [9.17, 15) is 4.79 Å². The molecule has 0 aliphatic heterocycles. The molecule has 1 aliphatic rings. The Morgan fingerprint density at radius 2 is 2.27 bits per heavy atom. The van der Waals surface area contributed by atoms with Gasteiger partial charge in [-0.15, -0.1) is 11.3 Å². The molecule has 3 rings (SSSR count). The summed E-state index contributed by atoms with van der Waals surface area (Å²) < 4.78 is 0. The third-order valence-corrected chi connectivity index (χ3v) is 4.89. The standard InChI is InChI=1S/C18H19NO2S/c20-11-13-10-15(22-12-13)8-9-18(21)19-17-7-3-5-14-4-1-2-6-16(14)17/h1-2,4,6,8-10,12,17,20H,3,5,7,11H2,(H,19,21)/t17-/m0/s1. The van der Waals surface area contributed by atoms with Crippen molar-refractivity contribution in [1.29, 1.82) is 0 Å². The van der Waals surface area contributed by atoms with Crippen LogP contribution in [0.1, 0.15) is 40.5 Å². The number of aryl methyl sites for hydroxylation is 1. The van der Waals surface area contributed by atoms with E-state index in [4.69, 9.17) is 5.11 Å². The second-order valence-electron chi connectivity index (χ2n) is 5.50. The van der Waals surface area contributed by atoms with Crippen molar-refractivity contribution in [3.05, 3.63) is 63.4 Å². The van der Waals surface area contributed by atoms with E-state index < -0.39 is 0 Å². The molecule has 0 spiro atoms. The molecule has 3 nitrogen and oxygen atoms in total. The van der Waals surface area contributed by atoms with Crippen LogP contribution in [0.3, 0.4) is 0 Å². The van der Waals surface area contributed by atoms with Crippen LogP contribution in [0.4, 0.5) is 0 Å². The molecule has 22 heavy (non-hydrogen) atoms. The number of aliphatic hydroxyl groups is 1. The van der Waals surface area contributed by atoms with Crippen LogP contribution in [0.5, 0.6) is 0 Å². The molecule has 1 heterocycles. The van der Waals surface area contributed by atoms with Crippen molar-refractivity contribution in [2.45, 2.75) is 31.9 Å². The van der Waals surface area contributed by atoms with Gasteiger partial charge in [0.05, 0.1) is 12.6 Å². The van der Waals surface area contributed by atoms with Crippen LogP contribution in [-0.2, 0) is 17.8 Å². The first kappa shape index (κ1) is 15.0. The summed E-state index contributed by atoms with van der Waals surface area (Å²) in [6.07, 6.45) is 6.57. The van der Waals surface area contributed by atoms with Gasteiger partial charge in [0.1, 0.15) is 0 Å². The number of carbonyl (C=O) groups is 1. The molecule has 0 fully saturated rings. The largest absolute Gasteiger partial charge is 0.392 e. The Hall–Kier alpha value is -1.91. The van der Waals surface area contributed by atoms with Gasteiger partial charge in [-0.05, 0) is 53.5 Å². The number of amides is 1. The monoisotopic (exact) mass is 313 g/mol. The molecule has 1 amide bonds. The number of benzene rings is 1. The Balaban J connectivity index is 1.65. The minimum absolute atomic E-state index is 0.0371. The van der Waals surface area contributed by atoms with E-state index in [0.717, 1.165) is 29.7 Å². The van der Waals surface area contributed by atoms with E-state index >= 15 is 0 Å².